The van der Waals surface area contributed by atoms with E-state index in [9.17, 15) is 27.2 Å². The highest BCUT2D eigenvalue weighted by molar-refractivity contribution is 6.03. The first-order valence-corrected chi connectivity index (χ1v) is 10.1. The van der Waals surface area contributed by atoms with Crippen molar-refractivity contribution in [1.82, 2.24) is 9.97 Å². The Labute approximate surface area is 170 Å². The number of hydrogen-bond acceptors (Lipinski definition) is 3. The lowest BCUT2D eigenvalue weighted by atomic mass is 9.65. The molecular weight excluding hydrogens is 402 g/mol. The summed E-state index contributed by atoms with van der Waals surface area (Å²) >= 11 is 0. The zero-order valence-corrected chi connectivity index (χ0v) is 16.3. The third-order valence-electron chi connectivity index (χ3n) is 6.64. The molecule has 3 N–H and O–H groups in total. The number of aromatic nitrogens is 2. The maximum Gasteiger partial charge on any atom is 0.268 e. The summed E-state index contributed by atoms with van der Waals surface area (Å²) in [7, 11) is 0. The van der Waals surface area contributed by atoms with E-state index in [4.69, 9.17) is 5.73 Å². The second-order valence-corrected chi connectivity index (χ2v) is 8.60. The SMILES string of the molecule is NC(=O)c1nccc2[nH]c(C3CCC(F)(F)CC3C3CCC(F)(F)CC3)cc(=O)c12. The third kappa shape index (κ3) is 3.94. The molecule has 2 aliphatic carbocycles. The predicted octanol–water partition coefficient (Wildman–Crippen LogP) is 4.37. The van der Waals surface area contributed by atoms with Crippen LogP contribution >= 0.6 is 0 Å². The number of H-pyrrole nitrogens is 1. The van der Waals surface area contributed by atoms with Gasteiger partial charge in [0.25, 0.3) is 5.91 Å². The average molecular weight is 425 g/mol. The quantitative estimate of drug-likeness (QED) is 0.716. The number of amides is 1. The van der Waals surface area contributed by atoms with Gasteiger partial charge in [-0.3, -0.25) is 14.6 Å². The minimum atomic E-state index is -2.85. The number of nitrogens with two attached hydrogens (primary N) is 1. The lowest BCUT2D eigenvalue weighted by Gasteiger charge is -2.43. The molecule has 2 aromatic heterocycles. The Balaban J connectivity index is 1.73. The number of carbonyl (C=O) groups is 1. The smallest absolute Gasteiger partial charge is 0.268 e. The van der Waals surface area contributed by atoms with Gasteiger partial charge in [-0.15, -0.1) is 0 Å². The van der Waals surface area contributed by atoms with Crippen LogP contribution in [0.15, 0.2) is 23.1 Å². The summed E-state index contributed by atoms with van der Waals surface area (Å²) in [5.41, 5.74) is 5.53. The topological polar surface area (TPSA) is 88.8 Å². The second-order valence-electron chi connectivity index (χ2n) is 8.60. The van der Waals surface area contributed by atoms with Gasteiger partial charge < -0.3 is 10.7 Å². The third-order valence-corrected chi connectivity index (χ3v) is 6.64. The molecule has 2 unspecified atom stereocenters. The molecule has 0 bridgehead atoms. The molecular formula is C21H23F4N3O2. The number of rotatable bonds is 3. The van der Waals surface area contributed by atoms with Crippen molar-refractivity contribution in [2.75, 3.05) is 0 Å². The maximum atomic E-state index is 14.2. The highest BCUT2D eigenvalue weighted by Gasteiger charge is 2.47. The van der Waals surface area contributed by atoms with Crippen LogP contribution in [-0.2, 0) is 0 Å². The maximum absolute atomic E-state index is 14.2. The molecule has 9 heteroatoms. The van der Waals surface area contributed by atoms with Crippen LogP contribution in [-0.4, -0.2) is 27.7 Å². The number of nitrogens with zero attached hydrogens (tertiary/aromatic N) is 1. The molecule has 2 aliphatic rings. The fraction of sp³-hybridized carbons (Fsp3) is 0.571. The van der Waals surface area contributed by atoms with E-state index >= 15 is 0 Å². The van der Waals surface area contributed by atoms with Crippen LogP contribution in [0.5, 0.6) is 0 Å². The number of fused-ring (bicyclic) bond motifs is 1. The number of primary amides is 1. The molecule has 2 heterocycles. The normalized spacial score (nSPS) is 26.5. The molecule has 0 saturated heterocycles. The molecule has 0 aromatic carbocycles. The molecule has 2 aromatic rings. The lowest BCUT2D eigenvalue weighted by molar-refractivity contribution is -0.0914. The van der Waals surface area contributed by atoms with Crippen LogP contribution in [0.1, 0.15) is 67.0 Å². The Bertz CT molecular complexity index is 1030. The van der Waals surface area contributed by atoms with E-state index in [1.54, 1.807) is 0 Å². The molecule has 0 spiro atoms. The number of pyridine rings is 2. The van der Waals surface area contributed by atoms with Crippen molar-refractivity contribution < 1.29 is 22.4 Å². The Morgan fingerprint density at radius 3 is 2.43 bits per heavy atom. The first-order valence-electron chi connectivity index (χ1n) is 10.1. The van der Waals surface area contributed by atoms with E-state index in [1.807, 2.05) is 0 Å². The summed E-state index contributed by atoms with van der Waals surface area (Å²) in [5.74, 6) is -7.55. The molecule has 1 amide bonds. The summed E-state index contributed by atoms with van der Waals surface area (Å²) in [5, 5.41) is 0.0590. The molecule has 5 nitrogen and oxygen atoms in total. The minimum absolute atomic E-state index is 0.0590. The number of aromatic amines is 1. The van der Waals surface area contributed by atoms with Crippen LogP contribution in [0.3, 0.4) is 0 Å². The van der Waals surface area contributed by atoms with Crippen molar-refractivity contribution in [2.45, 2.75) is 62.7 Å². The van der Waals surface area contributed by atoms with Crippen molar-refractivity contribution in [1.29, 1.82) is 0 Å². The van der Waals surface area contributed by atoms with E-state index < -0.39 is 29.1 Å². The van der Waals surface area contributed by atoms with E-state index in [0.717, 1.165) is 0 Å². The zero-order valence-electron chi connectivity index (χ0n) is 16.3. The standard InChI is InChI=1S/C21H23F4N3O2/c22-20(23)5-1-11(2-6-20)13-10-21(24,25)7-3-12(13)15-9-16(29)17-14(28-15)4-8-27-18(17)19(26)30/h4,8-9,11-13H,1-3,5-7,10H2,(H2,26,30)(H,28,29). The molecule has 0 radical (unpaired) electrons. The first-order chi connectivity index (χ1) is 14.1. The molecule has 4 rings (SSSR count). The Kier molecular flexibility index (Phi) is 5.10. The first kappa shape index (κ1) is 20.8. The van der Waals surface area contributed by atoms with Crippen molar-refractivity contribution in [2.24, 2.45) is 17.6 Å². The number of carbonyl (C=O) groups excluding carboxylic acids is 1. The largest absolute Gasteiger partial charge is 0.364 e. The molecule has 162 valence electrons. The van der Waals surface area contributed by atoms with E-state index in [1.165, 1.54) is 18.3 Å². The highest BCUT2D eigenvalue weighted by Crippen LogP contribution is 2.51. The highest BCUT2D eigenvalue weighted by atomic mass is 19.3. The second kappa shape index (κ2) is 7.35. The van der Waals surface area contributed by atoms with Gasteiger partial charge in [-0.2, -0.15) is 0 Å². The van der Waals surface area contributed by atoms with Crippen molar-refractivity contribution in [3.05, 3.63) is 39.9 Å². The predicted molar refractivity (Wildman–Crippen MR) is 103 cm³/mol. The monoisotopic (exact) mass is 425 g/mol. The lowest BCUT2D eigenvalue weighted by Crippen LogP contribution is -2.38. The van der Waals surface area contributed by atoms with E-state index in [2.05, 4.69) is 9.97 Å². The van der Waals surface area contributed by atoms with Crippen LogP contribution in [0.25, 0.3) is 10.9 Å². The van der Waals surface area contributed by atoms with Gasteiger partial charge in [0, 0.05) is 49.6 Å². The Morgan fingerprint density at radius 2 is 1.77 bits per heavy atom. The summed E-state index contributed by atoms with van der Waals surface area (Å²) in [6.45, 7) is 0. The van der Waals surface area contributed by atoms with Gasteiger partial charge in [-0.05, 0) is 37.2 Å². The molecule has 2 saturated carbocycles. The van der Waals surface area contributed by atoms with Gasteiger partial charge in [0.05, 0.1) is 10.9 Å². The van der Waals surface area contributed by atoms with Crippen LogP contribution in [0.2, 0.25) is 0 Å². The Morgan fingerprint density at radius 1 is 1.10 bits per heavy atom. The van der Waals surface area contributed by atoms with Gasteiger partial charge in [-0.25, -0.2) is 17.6 Å². The van der Waals surface area contributed by atoms with Crippen molar-refractivity contribution in [3.8, 4) is 0 Å². The fourth-order valence-corrected chi connectivity index (χ4v) is 5.15. The van der Waals surface area contributed by atoms with Crippen molar-refractivity contribution in [3.63, 3.8) is 0 Å². The number of hydrogen-bond donors (Lipinski definition) is 2. The van der Waals surface area contributed by atoms with Crippen LogP contribution < -0.4 is 11.2 Å². The van der Waals surface area contributed by atoms with Crippen LogP contribution in [0, 0.1) is 11.8 Å². The molecule has 30 heavy (non-hydrogen) atoms. The van der Waals surface area contributed by atoms with Crippen molar-refractivity contribution >= 4 is 16.8 Å². The number of alkyl halides is 4. The zero-order chi connectivity index (χ0) is 21.7. The van der Waals surface area contributed by atoms with Gasteiger partial charge in [-0.1, -0.05) is 0 Å². The van der Waals surface area contributed by atoms with Gasteiger partial charge in [0.1, 0.15) is 5.69 Å². The van der Waals surface area contributed by atoms with Crippen LogP contribution in [0.4, 0.5) is 17.6 Å². The van der Waals surface area contributed by atoms with Gasteiger partial charge >= 0.3 is 0 Å². The molecule has 2 fully saturated rings. The van der Waals surface area contributed by atoms with E-state index in [-0.39, 0.29) is 67.9 Å². The summed E-state index contributed by atoms with van der Waals surface area (Å²) in [6.07, 6.45) is 0.590. The summed E-state index contributed by atoms with van der Waals surface area (Å²) in [4.78, 5) is 31.3. The minimum Gasteiger partial charge on any atom is -0.364 e. The van der Waals surface area contributed by atoms with Gasteiger partial charge in [0.15, 0.2) is 5.43 Å². The Hall–Kier alpha value is -2.45. The summed E-state index contributed by atoms with van der Waals surface area (Å²) in [6, 6.07) is 2.84. The van der Waals surface area contributed by atoms with E-state index in [0.29, 0.717) is 11.2 Å². The number of nitrogens with one attached hydrogen (secondary N) is 1. The number of halogens is 4. The summed E-state index contributed by atoms with van der Waals surface area (Å²) < 4.78 is 55.7. The van der Waals surface area contributed by atoms with Gasteiger partial charge in [0.2, 0.25) is 11.8 Å². The fourth-order valence-electron chi connectivity index (χ4n) is 5.15. The average Bonchev–Trinajstić information content (AvgIpc) is 2.66. The molecule has 2 atom stereocenters. The molecule has 0 aliphatic heterocycles.